The molecule has 0 radical (unpaired) electrons. The Hall–Kier alpha value is -3.13. The predicted molar refractivity (Wildman–Crippen MR) is 97.8 cm³/mol. The van der Waals surface area contributed by atoms with E-state index in [4.69, 9.17) is 9.47 Å². The maximum Gasteiger partial charge on any atom is 0.316 e. The topological polar surface area (TPSA) is 59.6 Å². The molecule has 5 heteroatoms. The van der Waals surface area contributed by atoms with Crippen molar-refractivity contribution < 1.29 is 14.3 Å². The minimum absolute atomic E-state index is 0.220. The van der Waals surface area contributed by atoms with Gasteiger partial charge < -0.3 is 20.1 Å². The molecule has 0 bridgehead atoms. The minimum Gasteiger partial charge on any atom is -0.497 e. The summed E-state index contributed by atoms with van der Waals surface area (Å²) < 4.78 is 10.5. The van der Waals surface area contributed by atoms with Crippen LogP contribution in [-0.2, 0) is 0 Å². The summed E-state index contributed by atoms with van der Waals surface area (Å²) >= 11 is 0. The Bertz CT molecular complexity index is 764. The van der Waals surface area contributed by atoms with Crippen LogP contribution in [0.3, 0.4) is 0 Å². The lowest BCUT2D eigenvalue weighted by Crippen LogP contribution is -2.37. The summed E-state index contributed by atoms with van der Waals surface area (Å²) in [5, 5.41) is 5.59. The molecule has 25 heavy (non-hydrogen) atoms. The Morgan fingerprint density at radius 1 is 1.12 bits per heavy atom. The van der Waals surface area contributed by atoms with E-state index in [-0.39, 0.29) is 18.6 Å². The van der Waals surface area contributed by atoms with Crippen LogP contribution in [0.1, 0.15) is 24.1 Å². The molecule has 1 atom stereocenters. The highest BCUT2D eigenvalue weighted by molar-refractivity contribution is 5.74. The molecule has 0 aromatic heterocycles. The minimum atomic E-state index is -0.285. The van der Waals surface area contributed by atoms with Crippen molar-refractivity contribution in [3.8, 4) is 23.3 Å². The number of nitrogens with one attached hydrogen (secondary N) is 2. The predicted octanol–water partition coefficient (Wildman–Crippen LogP) is 3.12. The second kappa shape index (κ2) is 9.24. The fraction of sp³-hybridized carbons (Fsp3) is 0.250. The van der Waals surface area contributed by atoms with Crippen LogP contribution in [-0.4, -0.2) is 26.8 Å². The van der Waals surface area contributed by atoms with E-state index < -0.39 is 0 Å². The molecule has 0 aliphatic rings. The number of methoxy groups -OCH3 is 2. The molecule has 0 fully saturated rings. The van der Waals surface area contributed by atoms with Crippen LogP contribution in [0.4, 0.5) is 4.79 Å². The fourth-order valence-corrected chi connectivity index (χ4v) is 2.29. The van der Waals surface area contributed by atoms with Gasteiger partial charge in [-0.15, -0.1) is 0 Å². The van der Waals surface area contributed by atoms with Crippen LogP contribution in [0.15, 0.2) is 48.5 Å². The highest BCUT2D eigenvalue weighted by Gasteiger charge is 2.14. The lowest BCUT2D eigenvalue weighted by molar-refractivity contribution is 0.239. The maximum atomic E-state index is 12.0. The molecule has 0 aliphatic heterocycles. The van der Waals surface area contributed by atoms with Crippen LogP contribution in [0.2, 0.25) is 0 Å². The number of benzene rings is 2. The molecule has 2 aromatic carbocycles. The molecule has 2 aromatic rings. The number of rotatable bonds is 5. The van der Waals surface area contributed by atoms with E-state index in [0.717, 1.165) is 11.1 Å². The zero-order valence-corrected chi connectivity index (χ0v) is 14.6. The number of amides is 2. The zero-order valence-electron chi connectivity index (χ0n) is 14.6. The third kappa shape index (κ3) is 5.47. The third-order valence-electron chi connectivity index (χ3n) is 3.60. The van der Waals surface area contributed by atoms with Gasteiger partial charge in [-0.1, -0.05) is 30.0 Å². The standard InChI is InChI=1S/C20H22N2O3/c1-15(18-12-11-17(24-2)14-19(18)25-3)22-20(23)21-13-7-10-16-8-5-4-6-9-16/h4-6,8-9,11-12,14-15H,13H2,1-3H3,(H2,21,22,23)/t15-/m0/s1. The fourth-order valence-electron chi connectivity index (χ4n) is 2.29. The number of carbonyl (C=O) groups is 1. The summed E-state index contributed by atoms with van der Waals surface area (Å²) in [6.45, 7) is 2.16. The van der Waals surface area contributed by atoms with Gasteiger partial charge in [0, 0.05) is 17.2 Å². The van der Waals surface area contributed by atoms with Gasteiger partial charge in [-0.05, 0) is 31.2 Å². The van der Waals surface area contributed by atoms with Gasteiger partial charge in [-0.2, -0.15) is 0 Å². The average Bonchev–Trinajstić information content (AvgIpc) is 2.65. The van der Waals surface area contributed by atoms with Crippen molar-refractivity contribution in [2.45, 2.75) is 13.0 Å². The van der Waals surface area contributed by atoms with Gasteiger partial charge in [-0.3, -0.25) is 0 Å². The Kier molecular flexibility index (Phi) is 6.73. The molecule has 2 amide bonds. The number of carbonyl (C=O) groups excluding carboxylic acids is 1. The average molecular weight is 338 g/mol. The maximum absolute atomic E-state index is 12.0. The summed E-state index contributed by atoms with van der Waals surface area (Å²) in [6.07, 6.45) is 0. The van der Waals surface area contributed by atoms with Gasteiger partial charge in [-0.25, -0.2) is 4.79 Å². The van der Waals surface area contributed by atoms with Gasteiger partial charge in [0.15, 0.2) is 0 Å². The lowest BCUT2D eigenvalue weighted by Gasteiger charge is -2.18. The third-order valence-corrected chi connectivity index (χ3v) is 3.60. The summed E-state index contributed by atoms with van der Waals surface area (Å²) in [4.78, 5) is 12.0. The molecule has 2 N–H and O–H groups in total. The molecule has 0 spiro atoms. The van der Waals surface area contributed by atoms with Crippen molar-refractivity contribution in [2.24, 2.45) is 0 Å². The summed E-state index contributed by atoms with van der Waals surface area (Å²) in [5.41, 5.74) is 1.79. The Morgan fingerprint density at radius 2 is 1.88 bits per heavy atom. The van der Waals surface area contributed by atoms with Crippen LogP contribution >= 0.6 is 0 Å². The summed E-state index contributed by atoms with van der Waals surface area (Å²) in [6, 6.07) is 14.6. The van der Waals surface area contributed by atoms with E-state index >= 15 is 0 Å². The van der Waals surface area contributed by atoms with E-state index in [1.807, 2.05) is 49.4 Å². The van der Waals surface area contributed by atoms with E-state index in [2.05, 4.69) is 22.5 Å². The molecule has 5 nitrogen and oxygen atoms in total. The van der Waals surface area contributed by atoms with Crippen molar-refractivity contribution in [3.05, 3.63) is 59.7 Å². The van der Waals surface area contributed by atoms with Gasteiger partial charge in [0.05, 0.1) is 26.8 Å². The first kappa shape index (κ1) is 18.2. The largest absolute Gasteiger partial charge is 0.497 e. The SMILES string of the molecule is COc1ccc([C@H](C)NC(=O)NCC#Cc2ccccc2)c(OC)c1. The van der Waals surface area contributed by atoms with Gasteiger partial charge in [0.1, 0.15) is 11.5 Å². The molecule has 0 heterocycles. The molecule has 2 rings (SSSR count). The Morgan fingerprint density at radius 3 is 2.56 bits per heavy atom. The number of hydrogen-bond acceptors (Lipinski definition) is 3. The zero-order chi connectivity index (χ0) is 18.1. The van der Waals surface area contributed by atoms with Crippen LogP contribution in [0, 0.1) is 11.8 Å². The molecular weight excluding hydrogens is 316 g/mol. The summed E-state index contributed by atoms with van der Waals surface area (Å²) in [7, 11) is 3.18. The molecule has 0 saturated heterocycles. The highest BCUT2D eigenvalue weighted by atomic mass is 16.5. The number of urea groups is 1. The molecule has 0 unspecified atom stereocenters. The van der Waals surface area contributed by atoms with E-state index in [0.29, 0.717) is 11.5 Å². The Labute approximate surface area is 148 Å². The first-order valence-electron chi connectivity index (χ1n) is 7.94. The van der Waals surface area contributed by atoms with Crippen LogP contribution < -0.4 is 20.1 Å². The van der Waals surface area contributed by atoms with Crippen LogP contribution in [0.25, 0.3) is 0 Å². The van der Waals surface area contributed by atoms with Crippen molar-refractivity contribution in [3.63, 3.8) is 0 Å². The summed E-state index contributed by atoms with van der Waals surface area (Å²) in [5.74, 6) is 7.27. The van der Waals surface area contributed by atoms with Crippen molar-refractivity contribution >= 4 is 6.03 Å². The second-order valence-electron chi connectivity index (χ2n) is 5.32. The second-order valence-corrected chi connectivity index (χ2v) is 5.32. The first-order chi connectivity index (χ1) is 12.1. The Balaban J connectivity index is 1.89. The molecule has 130 valence electrons. The highest BCUT2D eigenvalue weighted by Crippen LogP contribution is 2.29. The van der Waals surface area contributed by atoms with Gasteiger partial charge in [0.2, 0.25) is 0 Å². The van der Waals surface area contributed by atoms with E-state index in [1.165, 1.54) is 0 Å². The number of hydrogen-bond donors (Lipinski definition) is 2. The van der Waals surface area contributed by atoms with Gasteiger partial charge >= 0.3 is 6.03 Å². The van der Waals surface area contributed by atoms with Crippen molar-refractivity contribution in [1.29, 1.82) is 0 Å². The smallest absolute Gasteiger partial charge is 0.316 e. The van der Waals surface area contributed by atoms with E-state index in [1.54, 1.807) is 20.3 Å². The van der Waals surface area contributed by atoms with E-state index in [9.17, 15) is 4.79 Å². The monoisotopic (exact) mass is 338 g/mol. The van der Waals surface area contributed by atoms with Crippen molar-refractivity contribution in [2.75, 3.05) is 20.8 Å². The molecule has 0 saturated carbocycles. The number of ether oxygens (including phenoxy) is 2. The quantitative estimate of drug-likeness (QED) is 0.824. The molecular formula is C20H22N2O3. The lowest BCUT2D eigenvalue weighted by atomic mass is 10.1. The van der Waals surface area contributed by atoms with Gasteiger partial charge in [0.25, 0.3) is 0 Å². The first-order valence-corrected chi connectivity index (χ1v) is 7.94. The van der Waals surface area contributed by atoms with Crippen molar-refractivity contribution in [1.82, 2.24) is 10.6 Å². The molecule has 0 aliphatic carbocycles. The normalized spacial score (nSPS) is 10.8. The van der Waals surface area contributed by atoms with Crippen LogP contribution in [0.5, 0.6) is 11.5 Å².